The maximum atomic E-state index is 11.0. The van der Waals surface area contributed by atoms with E-state index in [-0.39, 0.29) is 12.1 Å². The van der Waals surface area contributed by atoms with E-state index in [1.165, 1.54) is 0 Å². The Bertz CT molecular complexity index is 130. The van der Waals surface area contributed by atoms with Crippen molar-refractivity contribution in [1.29, 1.82) is 0 Å². The van der Waals surface area contributed by atoms with Crippen molar-refractivity contribution in [3.8, 4) is 0 Å². The van der Waals surface area contributed by atoms with Crippen LogP contribution in [0.3, 0.4) is 0 Å². The van der Waals surface area contributed by atoms with Crippen LogP contribution in [0.4, 0.5) is 4.79 Å². The average molecular weight is 190 g/mol. The maximum Gasteiger partial charge on any atom is 0.314 e. The summed E-state index contributed by atoms with van der Waals surface area (Å²) < 4.78 is 0. The van der Waals surface area contributed by atoms with E-state index < -0.39 is 0 Å². The van der Waals surface area contributed by atoms with Gasteiger partial charge in [-0.05, 0) is 32.3 Å². The van der Waals surface area contributed by atoms with Gasteiger partial charge in [0.1, 0.15) is 0 Å². The highest BCUT2D eigenvalue weighted by Crippen LogP contribution is 1.99. The van der Waals surface area contributed by atoms with E-state index >= 15 is 0 Å². The first-order chi connectivity index (χ1) is 5.70. The van der Waals surface area contributed by atoms with Gasteiger partial charge < -0.3 is 10.6 Å². The SMILES string of the molecule is CCNC(=O)NC(C)CCSC. The molecule has 0 spiro atoms. The standard InChI is InChI=1S/C8H18N2OS/c1-4-9-8(11)10-7(2)5-6-12-3/h7H,4-6H2,1-3H3,(H2,9,10,11). The van der Waals surface area contributed by atoms with Crippen molar-refractivity contribution in [3.05, 3.63) is 0 Å². The molecular weight excluding hydrogens is 172 g/mol. The summed E-state index contributed by atoms with van der Waals surface area (Å²) in [6, 6.07) is 0.204. The van der Waals surface area contributed by atoms with Crippen LogP contribution in [0.1, 0.15) is 20.3 Å². The first kappa shape index (κ1) is 11.6. The minimum Gasteiger partial charge on any atom is -0.338 e. The van der Waals surface area contributed by atoms with Gasteiger partial charge >= 0.3 is 6.03 Å². The van der Waals surface area contributed by atoms with Crippen LogP contribution in [0, 0.1) is 0 Å². The normalized spacial score (nSPS) is 12.2. The van der Waals surface area contributed by atoms with Crippen molar-refractivity contribution >= 4 is 17.8 Å². The molecule has 4 heteroatoms. The molecule has 0 radical (unpaired) electrons. The molecular formula is C8H18N2OS. The second-order valence-electron chi connectivity index (χ2n) is 2.69. The minimum atomic E-state index is -0.0638. The molecule has 0 saturated heterocycles. The molecule has 72 valence electrons. The van der Waals surface area contributed by atoms with Gasteiger partial charge in [-0.25, -0.2) is 4.79 Å². The van der Waals surface area contributed by atoms with Crippen LogP contribution in [-0.4, -0.2) is 30.6 Å². The highest BCUT2D eigenvalue weighted by Gasteiger charge is 2.04. The Hall–Kier alpha value is -0.380. The number of rotatable bonds is 5. The van der Waals surface area contributed by atoms with Gasteiger partial charge in [0.25, 0.3) is 0 Å². The molecule has 1 unspecified atom stereocenters. The predicted octanol–water partition coefficient (Wildman–Crippen LogP) is 1.45. The summed E-state index contributed by atoms with van der Waals surface area (Å²) >= 11 is 1.80. The summed E-state index contributed by atoms with van der Waals surface area (Å²) in [5.74, 6) is 1.09. The summed E-state index contributed by atoms with van der Waals surface area (Å²) in [4.78, 5) is 11.0. The van der Waals surface area contributed by atoms with Crippen molar-refractivity contribution < 1.29 is 4.79 Å². The fourth-order valence-corrected chi connectivity index (χ4v) is 1.39. The smallest absolute Gasteiger partial charge is 0.314 e. The van der Waals surface area contributed by atoms with Crippen molar-refractivity contribution in [2.75, 3.05) is 18.6 Å². The third-order valence-electron chi connectivity index (χ3n) is 1.47. The van der Waals surface area contributed by atoms with Gasteiger partial charge in [0.05, 0.1) is 0 Å². The van der Waals surface area contributed by atoms with Crippen molar-refractivity contribution in [2.45, 2.75) is 26.3 Å². The summed E-state index contributed by atoms with van der Waals surface area (Å²) in [6.07, 6.45) is 3.09. The van der Waals surface area contributed by atoms with Gasteiger partial charge in [-0.1, -0.05) is 0 Å². The van der Waals surface area contributed by atoms with E-state index in [2.05, 4.69) is 16.9 Å². The number of hydrogen-bond acceptors (Lipinski definition) is 2. The molecule has 0 bridgehead atoms. The van der Waals surface area contributed by atoms with Crippen molar-refractivity contribution in [2.24, 2.45) is 0 Å². The van der Waals surface area contributed by atoms with Crippen molar-refractivity contribution in [1.82, 2.24) is 10.6 Å². The molecule has 0 saturated carbocycles. The summed E-state index contributed by atoms with van der Waals surface area (Å²) in [6.45, 7) is 4.61. The third-order valence-corrected chi connectivity index (χ3v) is 2.11. The fraction of sp³-hybridized carbons (Fsp3) is 0.875. The summed E-state index contributed by atoms with van der Waals surface area (Å²) in [5.41, 5.74) is 0. The molecule has 0 rings (SSSR count). The molecule has 1 atom stereocenters. The third kappa shape index (κ3) is 6.34. The number of hydrogen-bond donors (Lipinski definition) is 2. The van der Waals surface area contributed by atoms with E-state index in [0.29, 0.717) is 6.54 Å². The highest BCUT2D eigenvalue weighted by molar-refractivity contribution is 7.98. The zero-order chi connectivity index (χ0) is 9.40. The largest absolute Gasteiger partial charge is 0.338 e. The Morgan fingerprint density at radius 3 is 2.75 bits per heavy atom. The first-order valence-electron chi connectivity index (χ1n) is 4.24. The first-order valence-corrected chi connectivity index (χ1v) is 5.63. The lowest BCUT2D eigenvalue weighted by Gasteiger charge is -2.12. The van der Waals surface area contributed by atoms with Gasteiger partial charge in [0.2, 0.25) is 0 Å². The highest BCUT2D eigenvalue weighted by atomic mass is 32.2. The lowest BCUT2D eigenvalue weighted by atomic mass is 10.3. The topological polar surface area (TPSA) is 41.1 Å². The van der Waals surface area contributed by atoms with Crippen LogP contribution >= 0.6 is 11.8 Å². The Morgan fingerprint density at radius 2 is 2.25 bits per heavy atom. The molecule has 0 heterocycles. The lowest BCUT2D eigenvalue weighted by Crippen LogP contribution is -2.40. The molecule has 12 heavy (non-hydrogen) atoms. The predicted molar refractivity (Wildman–Crippen MR) is 54.7 cm³/mol. The molecule has 0 aliphatic carbocycles. The van der Waals surface area contributed by atoms with Crippen LogP contribution in [-0.2, 0) is 0 Å². The summed E-state index contributed by atoms with van der Waals surface area (Å²) in [5, 5.41) is 5.55. The number of nitrogens with one attached hydrogen (secondary N) is 2. The molecule has 0 aromatic heterocycles. The van der Waals surface area contributed by atoms with Gasteiger partial charge in [-0.2, -0.15) is 11.8 Å². The Morgan fingerprint density at radius 1 is 1.58 bits per heavy atom. The van der Waals surface area contributed by atoms with E-state index in [1.54, 1.807) is 11.8 Å². The van der Waals surface area contributed by atoms with Crippen LogP contribution in [0.15, 0.2) is 0 Å². The maximum absolute atomic E-state index is 11.0. The number of urea groups is 1. The number of carbonyl (C=O) groups is 1. The molecule has 0 aromatic rings. The molecule has 3 nitrogen and oxygen atoms in total. The van der Waals surface area contributed by atoms with E-state index in [4.69, 9.17) is 0 Å². The van der Waals surface area contributed by atoms with E-state index in [1.807, 2.05) is 13.8 Å². The molecule has 2 amide bonds. The van der Waals surface area contributed by atoms with Crippen LogP contribution < -0.4 is 10.6 Å². The fourth-order valence-electron chi connectivity index (χ4n) is 0.802. The van der Waals surface area contributed by atoms with Crippen molar-refractivity contribution in [3.63, 3.8) is 0 Å². The molecule has 0 aromatic carbocycles. The van der Waals surface area contributed by atoms with Gasteiger partial charge in [0, 0.05) is 12.6 Å². The van der Waals surface area contributed by atoms with Gasteiger partial charge in [0.15, 0.2) is 0 Å². The summed E-state index contributed by atoms with van der Waals surface area (Å²) in [7, 11) is 0. The molecule has 2 N–H and O–H groups in total. The van der Waals surface area contributed by atoms with Gasteiger partial charge in [-0.15, -0.1) is 0 Å². The Labute approximate surface area is 78.7 Å². The number of amides is 2. The Kier molecular flexibility index (Phi) is 7.05. The second-order valence-corrected chi connectivity index (χ2v) is 3.67. The second kappa shape index (κ2) is 7.28. The number of thioether (sulfide) groups is 1. The lowest BCUT2D eigenvalue weighted by molar-refractivity contribution is 0.238. The van der Waals surface area contributed by atoms with Gasteiger partial charge in [-0.3, -0.25) is 0 Å². The van der Waals surface area contributed by atoms with Crippen LogP contribution in [0.2, 0.25) is 0 Å². The molecule has 0 fully saturated rings. The zero-order valence-corrected chi connectivity index (χ0v) is 8.83. The molecule has 0 aliphatic rings. The molecule has 0 aliphatic heterocycles. The minimum absolute atomic E-state index is 0.0638. The van der Waals surface area contributed by atoms with Crippen LogP contribution in [0.5, 0.6) is 0 Å². The van der Waals surface area contributed by atoms with E-state index in [9.17, 15) is 4.79 Å². The zero-order valence-electron chi connectivity index (χ0n) is 8.02. The Balaban J connectivity index is 3.40. The number of carbonyl (C=O) groups excluding carboxylic acids is 1. The van der Waals surface area contributed by atoms with E-state index in [0.717, 1.165) is 12.2 Å². The average Bonchev–Trinajstić information content (AvgIpc) is 2.01. The quantitative estimate of drug-likeness (QED) is 0.689. The monoisotopic (exact) mass is 190 g/mol. The van der Waals surface area contributed by atoms with Crippen LogP contribution in [0.25, 0.3) is 0 Å².